The van der Waals surface area contributed by atoms with Crippen molar-refractivity contribution in [3.63, 3.8) is 0 Å². The van der Waals surface area contributed by atoms with Gasteiger partial charge in [-0.25, -0.2) is 9.18 Å². The second-order valence-electron chi connectivity index (χ2n) is 8.62. The van der Waals surface area contributed by atoms with Crippen molar-refractivity contribution in [1.29, 1.82) is 0 Å². The molecule has 0 saturated heterocycles. The van der Waals surface area contributed by atoms with Crippen molar-refractivity contribution in [2.75, 3.05) is 4.90 Å². The van der Waals surface area contributed by atoms with Gasteiger partial charge in [-0.15, -0.1) is 0 Å². The summed E-state index contributed by atoms with van der Waals surface area (Å²) in [5.74, 6) is -1.88. The van der Waals surface area contributed by atoms with Crippen LogP contribution >= 0.6 is 0 Å². The molecule has 0 fully saturated rings. The van der Waals surface area contributed by atoms with Crippen molar-refractivity contribution in [3.8, 4) is 0 Å². The molecule has 1 heterocycles. The molecule has 154 valence electrons. The third kappa shape index (κ3) is 3.72. The van der Waals surface area contributed by atoms with E-state index in [-0.39, 0.29) is 12.3 Å². The normalized spacial score (nSPS) is 15.3. The summed E-state index contributed by atoms with van der Waals surface area (Å²) in [6.07, 6.45) is -1.54. The van der Waals surface area contributed by atoms with Crippen LogP contribution in [0, 0.1) is 19.7 Å². The molecule has 29 heavy (non-hydrogen) atoms. The summed E-state index contributed by atoms with van der Waals surface area (Å²) in [6.45, 7) is 10.3. The molecule has 3 rings (SSSR count). The molecule has 1 amide bonds. The first-order chi connectivity index (χ1) is 13.4. The summed E-state index contributed by atoms with van der Waals surface area (Å²) in [5, 5.41) is 20.8. The fourth-order valence-electron chi connectivity index (χ4n) is 4.41. The zero-order valence-electron chi connectivity index (χ0n) is 17.3. The highest BCUT2D eigenvalue weighted by Gasteiger charge is 2.36. The minimum absolute atomic E-state index is 0.0871. The molecular formula is C22H26FNO4Si. The third-order valence-electron chi connectivity index (χ3n) is 5.64. The van der Waals surface area contributed by atoms with Gasteiger partial charge in [-0.3, -0.25) is 4.79 Å². The molecule has 5 nitrogen and oxygen atoms in total. The van der Waals surface area contributed by atoms with Crippen molar-refractivity contribution in [2.24, 2.45) is 0 Å². The molecule has 1 aliphatic rings. The number of amides is 1. The van der Waals surface area contributed by atoms with Gasteiger partial charge in [0.05, 0.1) is 21.0 Å². The highest BCUT2D eigenvalue weighted by molar-refractivity contribution is 6.89. The maximum Gasteiger partial charge on any atom is 0.337 e. The van der Waals surface area contributed by atoms with E-state index < -0.39 is 26.0 Å². The summed E-state index contributed by atoms with van der Waals surface area (Å²) in [6, 6.07) is 5.96. The predicted molar refractivity (Wildman–Crippen MR) is 113 cm³/mol. The number of carboxylic acids is 1. The predicted octanol–water partition coefficient (Wildman–Crippen LogP) is 3.20. The minimum atomic E-state index is -2.04. The highest BCUT2D eigenvalue weighted by atomic mass is 28.3. The van der Waals surface area contributed by atoms with Gasteiger partial charge in [0.15, 0.2) is 6.10 Å². The van der Waals surface area contributed by atoms with Crippen LogP contribution in [0.4, 0.5) is 10.1 Å². The van der Waals surface area contributed by atoms with Crippen LogP contribution in [0.2, 0.25) is 19.6 Å². The van der Waals surface area contributed by atoms with Crippen LogP contribution in [0.5, 0.6) is 0 Å². The van der Waals surface area contributed by atoms with Crippen molar-refractivity contribution < 1.29 is 24.2 Å². The fourth-order valence-corrected chi connectivity index (χ4v) is 6.82. The number of aliphatic hydroxyl groups is 1. The Morgan fingerprint density at radius 2 is 1.83 bits per heavy atom. The second-order valence-corrected chi connectivity index (χ2v) is 13.6. The first-order valence-corrected chi connectivity index (χ1v) is 13.1. The maximum atomic E-state index is 13.7. The van der Waals surface area contributed by atoms with E-state index in [1.165, 1.54) is 12.1 Å². The number of aliphatic hydroxyl groups excluding tert-OH is 1. The number of nitrogens with zero attached hydrogens (tertiary/aromatic N) is 1. The number of hydrogen-bond donors (Lipinski definition) is 2. The second kappa shape index (κ2) is 7.39. The number of carbonyl (C=O) groups excluding carboxylic acids is 1. The number of aliphatic carboxylic acids is 1. The topological polar surface area (TPSA) is 77.8 Å². The number of carbonyl (C=O) groups is 2. The average Bonchev–Trinajstić information content (AvgIpc) is 2.62. The molecule has 1 atom stereocenters. The number of anilines is 1. The number of halogens is 1. The molecule has 0 spiro atoms. The molecule has 2 N–H and O–H groups in total. The van der Waals surface area contributed by atoms with Crippen LogP contribution < -0.4 is 10.1 Å². The molecule has 0 aromatic heterocycles. The van der Waals surface area contributed by atoms with Crippen molar-refractivity contribution in [3.05, 3.63) is 57.9 Å². The van der Waals surface area contributed by atoms with Gasteiger partial charge in [-0.1, -0.05) is 30.9 Å². The Morgan fingerprint density at radius 1 is 1.17 bits per heavy atom. The zero-order chi connectivity index (χ0) is 21.7. The van der Waals surface area contributed by atoms with Crippen LogP contribution in [0.3, 0.4) is 0 Å². The number of carboxylic acid groups (broad SMARTS) is 1. The summed E-state index contributed by atoms with van der Waals surface area (Å²) >= 11 is 0. The largest absolute Gasteiger partial charge is 0.479 e. The zero-order valence-corrected chi connectivity index (χ0v) is 18.3. The number of hydrogen-bond acceptors (Lipinski definition) is 3. The SMILES string of the molecule is Cc1c2c(c(C)c([Si](C)(C)C)c1[C@H](O)C(=O)O)CN(c1cccc(F)c1)C(=O)C2. The molecule has 0 aliphatic carbocycles. The Hall–Kier alpha value is -2.51. The summed E-state index contributed by atoms with van der Waals surface area (Å²) < 4.78 is 13.7. The lowest BCUT2D eigenvalue weighted by Crippen LogP contribution is -2.47. The Labute approximate surface area is 170 Å². The maximum absolute atomic E-state index is 13.7. The van der Waals surface area contributed by atoms with Crippen molar-refractivity contribution >= 4 is 30.8 Å². The lowest BCUT2D eigenvalue weighted by atomic mass is 9.86. The summed E-state index contributed by atoms with van der Waals surface area (Å²) in [5.41, 5.74) is 4.27. The Morgan fingerprint density at radius 3 is 2.38 bits per heavy atom. The van der Waals surface area contributed by atoms with E-state index >= 15 is 0 Å². The molecule has 7 heteroatoms. The van der Waals surface area contributed by atoms with Gasteiger partial charge >= 0.3 is 5.97 Å². The van der Waals surface area contributed by atoms with E-state index in [4.69, 9.17) is 0 Å². The van der Waals surface area contributed by atoms with Gasteiger partial charge in [0.2, 0.25) is 5.91 Å². The monoisotopic (exact) mass is 415 g/mol. The molecule has 2 aromatic carbocycles. The highest BCUT2D eigenvalue weighted by Crippen LogP contribution is 2.34. The number of benzene rings is 2. The molecular weight excluding hydrogens is 389 g/mol. The summed E-state index contributed by atoms with van der Waals surface area (Å²) in [4.78, 5) is 26.0. The van der Waals surface area contributed by atoms with Gasteiger partial charge in [-0.05, 0) is 59.9 Å². The van der Waals surface area contributed by atoms with Crippen LogP contribution in [-0.4, -0.2) is 30.2 Å². The van der Waals surface area contributed by atoms with E-state index in [1.54, 1.807) is 24.0 Å². The lowest BCUT2D eigenvalue weighted by Gasteiger charge is -2.36. The lowest BCUT2D eigenvalue weighted by molar-refractivity contribution is -0.146. The molecule has 0 saturated carbocycles. The van der Waals surface area contributed by atoms with Crippen LogP contribution in [0.15, 0.2) is 24.3 Å². The number of rotatable bonds is 4. The molecule has 0 unspecified atom stereocenters. The molecule has 2 aromatic rings. The minimum Gasteiger partial charge on any atom is -0.479 e. The Balaban J connectivity index is 2.24. The summed E-state index contributed by atoms with van der Waals surface area (Å²) in [7, 11) is -2.04. The fraction of sp³-hybridized carbons (Fsp3) is 0.364. The first-order valence-electron chi connectivity index (χ1n) is 9.55. The Kier molecular flexibility index (Phi) is 5.40. The standard InChI is InChI=1S/C22H26FNO4Si/c1-12-16-10-18(25)24(15-8-6-7-14(23)9-15)11-17(16)13(2)21(29(3,4)5)19(12)20(26)22(27)28/h6-9,20,26H,10-11H2,1-5H3,(H,27,28)/t20-/m0/s1. The molecule has 0 radical (unpaired) electrons. The van der Waals surface area contributed by atoms with Gasteiger partial charge in [0.1, 0.15) is 5.82 Å². The van der Waals surface area contributed by atoms with Crippen LogP contribution in [0.1, 0.15) is 33.9 Å². The number of fused-ring (bicyclic) bond motifs is 1. The van der Waals surface area contributed by atoms with Crippen molar-refractivity contribution in [1.82, 2.24) is 0 Å². The average molecular weight is 416 g/mol. The van der Waals surface area contributed by atoms with Crippen molar-refractivity contribution in [2.45, 2.75) is 52.6 Å². The molecule has 0 bridgehead atoms. The van der Waals surface area contributed by atoms with E-state index in [2.05, 4.69) is 19.6 Å². The molecule has 1 aliphatic heterocycles. The third-order valence-corrected chi connectivity index (χ3v) is 7.78. The van der Waals surface area contributed by atoms with E-state index in [0.29, 0.717) is 23.4 Å². The smallest absolute Gasteiger partial charge is 0.337 e. The van der Waals surface area contributed by atoms with Gasteiger partial charge < -0.3 is 15.1 Å². The van der Waals surface area contributed by atoms with E-state index in [1.807, 2.05) is 6.92 Å². The van der Waals surface area contributed by atoms with Gasteiger partial charge in [0, 0.05) is 5.69 Å². The van der Waals surface area contributed by atoms with Gasteiger partial charge in [-0.2, -0.15) is 0 Å². The van der Waals surface area contributed by atoms with E-state index in [9.17, 15) is 24.2 Å². The van der Waals surface area contributed by atoms with Crippen LogP contribution in [-0.2, 0) is 22.6 Å². The first kappa shape index (κ1) is 21.2. The Bertz CT molecular complexity index is 1010. The quantitative estimate of drug-likeness (QED) is 0.752. The van der Waals surface area contributed by atoms with Crippen LogP contribution in [0.25, 0.3) is 0 Å². The van der Waals surface area contributed by atoms with E-state index in [0.717, 1.165) is 21.9 Å². The van der Waals surface area contributed by atoms with Gasteiger partial charge in [0.25, 0.3) is 0 Å².